The van der Waals surface area contributed by atoms with E-state index in [2.05, 4.69) is 15.5 Å². The second-order valence-corrected chi connectivity index (χ2v) is 8.98. The summed E-state index contributed by atoms with van der Waals surface area (Å²) in [6.45, 7) is 6.04. The third-order valence-electron chi connectivity index (χ3n) is 5.24. The lowest BCUT2D eigenvalue weighted by Gasteiger charge is -2.22. The number of anilines is 2. The molecule has 1 aliphatic carbocycles. The van der Waals surface area contributed by atoms with Crippen LogP contribution in [0.1, 0.15) is 44.0 Å². The summed E-state index contributed by atoms with van der Waals surface area (Å²) in [5, 5.41) is 9.62. The van der Waals surface area contributed by atoms with Gasteiger partial charge in [0.15, 0.2) is 0 Å². The van der Waals surface area contributed by atoms with Crippen molar-refractivity contribution >= 4 is 34.9 Å². The lowest BCUT2D eigenvalue weighted by atomic mass is 10.2. The van der Waals surface area contributed by atoms with Crippen LogP contribution >= 0.6 is 11.6 Å². The van der Waals surface area contributed by atoms with Crippen LogP contribution in [0.15, 0.2) is 48.7 Å². The lowest BCUT2D eigenvalue weighted by molar-refractivity contribution is -0.116. The number of ether oxygens (including phenoxy) is 2. The SMILES string of the molecule is CC(=O)N(CC1CC1)c1ccc(Oc2cc(OC(C)C)cc(C(=O)Nc3ccn[nH]3)c2)c(Cl)c1. The highest BCUT2D eigenvalue weighted by Crippen LogP contribution is 2.37. The molecule has 0 radical (unpaired) electrons. The van der Waals surface area contributed by atoms with Gasteiger partial charge >= 0.3 is 0 Å². The Bertz CT molecular complexity index is 1180. The fraction of sp³-hybridized carbons (Fsp3) is 0.320. The Morgan fingerprint density at radius 1 is 1.18 bits per heavy atom. The van der Waals surface area contributed by atoms with Crippen LogP contribution in [0.25, 0.3) is 0 Å². The summed E-state index contributed by atoms with van der Waals surface area (Å²) < 4.78 is 11.8. The standard InChI is InChI=1S/C25H27ClN4O4/c1-15(2)33-20-10-18(25(32)28-24-8-9-27-29-24)11-21(13-20)34-23-7-6-19(12-22(23)26)30(16(3)31)14-17-4-5-17/h6-13,15,17H,4-5,14H2,1-3H3,(H2,27,28,29,32). The van der Waals surface area contributed by atoms with Gasteiger partial charge in [-0.15, -0.1) is 0 Å². The van der Waals surface area contributed by atoms with Crippen LogP contribution in [-0.2, 0) is 4.79 Å². The number of hydrogen-bond donors (Lipinski definition) is 2. The van der Waals surface area contributed by atoms with Gasteiger partial charge in [0.05, 0.1) is 17.3 Å². The van der Waals surface area contributed by atoms with Crippen LogP contribution in [-0.4, -0.2) is 34.7 Å². The first-order chi connectivity index (χ1) is 16.3. The molecule has 1 aromatic heterocycles. The molecule has 2 aromatic carbocycles. The van der Waals surface area contributed by atoms with E-state index in [1.807, 2.05) is 19.9 Å². The predicted molar refractivity (Wildman–Crippen MR) is 131 cm³/mol. The maximum atomic E-state index is 12.8. The van der Waals surface area contributed by atoms with Crippen LogP contribution in [0, 0.1) is 5.92 Å². The zero-order chi connectivity index (χ0) is 24.2. The van der Waals surface area contributed by atoms with Gasteiger partial charge in [0.25, 0.3) is 5.91 Å². The molecule has 1 fully saturated rings. The molecule has 4 rings (SSSR count). The number of amides is 2. The summed E-state index contributed by atoms with van der Waals surface area (Å²) in [5.41, 5.74) is 1.08. The van der Waals surface area contributed by atoms with E-state index in [4.69, 9.17) is 21.1 Å². The van der Waals surface area contributed by atoms with Gasteiger partial charge in [-0.05, 0) is 62.9 Å². The molecule has 0 unspecified atom stereocenters. The topological polar surface area (TPSA) is 96.6 Å². The summed E-state index contributed by atoms with van der Waals surface area (Å²) in [6.07, 6.45) is 3.74. The van der Waals surface area contributed by atoms with Gasteiger partial charge in [-0.2, -0.15) is 5.10 Å². The molecule has 8 nitrogen and oxygen atoms in total. The first-order valence-electron chi connectivity index (χ1n) is 11.2. The van der Waals surface area contributed by atoms with E-state index in [0.717, 1.165) is 18.5 Å². The van der Waals surface area contributed by atoms with Crippen molar-refractivity contribution < 1.29 is 19.1 Å². The molecule has 34 heavy (non-hydrogen) atoms. The summed E-state index contributed by atoms with van der Waals surface area (Å²) >= 11 is 6.52. The van der Waals surface area contributed by atoms with E-state index >= 15 is 0 Å². The normalized spacial score (nSPS) is 13.0. The average molecular weight is 483 g/mol. The van der Waals surface area contributed by atoms with E-state index in [9.17, 15) is 9.59 Å². The molecule has 178 valence electrons. The van der Waals surface area contributed by atoms with Crippen LogP contribution < -0.4 is 19.7 Å². The number of carbonyl (C=O) groups is 2. The summed E-state index contributed by atoms with van der Waals surface area (Å²) in [5.74, 6) is 1.94. The number of carbonyl (C=O) groups excluding carboxylic acids is 2. The van der Waals surface area contributed by atoms with E-state index in [-0.39, 0.29) is 17.9 Å². The Morgan fingerprint density at radius 3 is 2.56 bits per heavy atom. The van der Waals surface area contributed by atoms with Gasteiger partial charge in [0.1, 0.15) is 23.1 Å². The number of benzene rings is 2. The Labute approximate surface area is 203 Å². The van der Waals surface area contributed by atoms with E-state index < -0.39 is 0 Å². The third-order valence-corrected chi connectivity index (χ3v) is 5.53. The quantitative estimate of drug-likeness (QED) is 0.410. The zero-order valence-electron chi connectivity index (χ0n) is 19.3. The molecule has 3 aromatic rings. The molecule has 0 aliphatic heterocycles. The van der Waals surface area contributed by atoms with Crippen LogP contribution in [0.2, 0.25) is 5.02 Å². The Kier molecular flexibility index (Phi) is 7.07. The predicted octanol–water partition coefficient (Wildman–Crippen LogP) is 5.66. The maximum absolute atomic E-state index is 12.8. The lowest BCUT2D eigenvalue weighted by Crippen LogP contribution is -2.30. The number of nitrogens with one attached hydrogen (secondary N) is 2. The second-order valence-electron chi connectivity index (χ2n) is 8.57. The molecule has 2 N–H and O–H groups in total. The summed E-state index contributed by atoms with van der Waals surface area (Å²) in [7, 11) is 0. The first kappa shape index (κ1) is 23.6. The smallest absolute Gasteiger partial charge is 0.257 e. The number of aromatic nitrogens is 2. The number of nitrogens with zero attached hydrogens (tertiary/aromatic N) is 2. The van der Waals surface area contributed by atoms with Crippen molar-refractivity contribution in [3.63, 3.8) is 0 Å². The summed E-state index contributed by atoms with van der Waals surface area (Å²) in [4.78, 5) is 26.6. The second kappa shape index (κ2) is 10.2. The molecule has 9 heteroatoms. The van der Waals surface area contributed by atoms with E-state index in [1.165, 1.54) is 0 Å². The highest BCUT2D eigenvalue weighted by Gasteiger charge is 2.26. The van der Waals surface area contributed by atoms with Crippen LogP contribution in [0.5, 0.6) is 17.2 Å². The zero-order valence-corrected chi connectivity index (χ0v) is 20.1. The largest absolute Gasteiger partial charge is 0.491 e. The van der Waals surface area contributed by atoms with Gasteiger partial charge in [0, 0.05) is 36.9 Å². The maximum Gasteiger partial charge on any atom is 0.257 e. The molecule has 1 aliphatic rings. The minimum Gasteiger partial charge on any atom is -0.491 e. The molecular formula is C25H27ClN4O4. The van der Waals surface area contributed by atoms with Crippen molar-refractivity contribution in [1.29, 1.82) is 0 Å². The molecule has 2 amide bonds. The highest BCUT2D eigenvalue weighted by molar-refractivity contribution is 6.32. The highest BCUT2D eigenvalue weighted by atomic mass is 35.5. The molecule has 1 saturated carbocycles. The van der Waals surface area contributed by atoms with Crippen LogP contribution in [0.3, 0.4) is 0 Å². The van der Waals surface area contributed by atoms with Gasteiger partial charge in [-0.1, -0.05) is 11.6 Å². The average Bonchev–Trinajstić information content (AvgIpc) is 3.46. The third kappa shape index (κ3) is 6.08. The Morgan fingerprint density at radius 2 is 1.94 bits per heavy atom. The molecule has 0 bridgehead atoms. The number of halogens is 1. The first-order valence-corrected chi connectivity index (χ1v) is 11.5. The number of aromatic amines is 1. The Hall–Kier alpha value is -3.52. The molecule has 0 atom stereocenters. The molecule has 0 saturated heterocycles. The minimum absolute atomic E-state index is 0.0249. The number of hydrogen-bond acceptors (Lipinski definition) is 5. The Balaban J connectivity index is 1.58. The van der Waals surface area contributed by atoms with Crippen molar-refractivity contribution in [2.45, 2.75) is 39.7 Å². The van der Waals surface area contributed by atoms with Gasteiger partial charge in [0.2, 0.25) is 5.91 Å². The number of H-pyrrole nitrogens is 1. The molecule has 0 spiro atoms. The van der Waals surface area contributed by atoms with Crippen molar-refractivity contribution in [3.8, 4) is 17.2 Å². The fourth-order valence-corrected chi connectivity index (χ4v) is 3.68. The van der Waals surface area contributed by atoms with E-state index in [1.54, 1.807) is 54.4 Å². The van der Waals surface area contributed by atoms with Gasteiger partial charge in [-0.3, -0.25) is 14.7 Å². The van der Waals surface area contributed by atoms with E-state index in [0.29, 0.717) is 46.1 Å². The van der Waals surface area contributed by atoms with Crippen LogP contribution in [0.4, 0.5) is 11.5 Å². The molecular weight excluding hydrogens is 456 g/mol. The molecule has 1 heterocycles. The van der Waals surface area contributed by atoms with Crippen molar-refractivity contribution in [2.24, 2.45) is 5.92 Å². The summed E-state index contributed by atoms with van der Waals surface area (Å²) in [6, 6.07) is 11.9. The monoisotopic (exact) mass is 482 g/mol. The number of rotatable bonds is 9. The fourth-order valence-electron chi connectivity index (χ4n) is 3.46. The minimum atomic E-state index is -0.345. The van der Waals surface area contributed by atoms with Crippen molar-refractivity contribution in [1.82, 2.24) is 10.2 Å². The van der Waals surface area contributed by atoms with Gasteiger partial charge in [-0.25, -0.2) is 0 Å². The van der Waals surface area contributed by atoms with Gasteiger partial charge < -0.3 is 19.7 Å². The van der Waals surface area contributed by atoms with Crippen molar-refractivity contribution in [3.05, 3.63) is 59.2 Å². The van der Waals surface area contributed by atoms with Crippen molar-refractivity contribution in [2.75, 3.05) is 16.8 Å².